The van der Waals surface area contributed by atoms with E-state index in [1.54, 1.807) is 12.5 Å². The predicted octanol–water partition coefficient (Wildman–Crippen LogP) is 0.411. The van der Waals surface area contributed by atoms with Gasteiger partial charge in [-0.15, -0.1) is 0 Å². The van der Waals surface area contributed by atoms with E-state index >= 15 is 0 Å². The Labute approximate surface area is 116 Å². The van der Waals surface area contributed by atoms with E-state index in [9.17, 15) is 4.79 Å². The van der Waals surface area contributed by atoms with Crippen LogP contribution in [0.5, 0.6) is 0 Å². The van der Waals surface area contributed by atoms with Gasteiger partial charge in [-0.3, -0.25) is 4.79 Å². The van der Waals surface area contributed by atoms with Gasteiger partial charge in [-0.1, -0.05) is 0 Å². The normalized spacial score (nSPS) is 16.0. The van der Waals surface area contributed by atoms with Crippen LogP contribution in [0.25, 0.3) is 11.2 Å². The maximum Gasteiger partial charge on any atom is 0.286 e. The minimum Gasteiger partial charge on any atom is -0.363 e. The predicted molar refractivity (Wildman–Crippen MR) is 74.1 cm³/mol. The fourth-order valence-corrected chi connectivity index (χ4v) is 2.61. The van der Waals surface area contributed by atoms with Crippen LogP contribution in [0.3, 0.4) is 0 Å². The highest BCUT2D eigenvalue weighted by Gasteiger charge is 2.12. The number of nitrogens with zero attached hydrogens (tertiary/aromatic N) is 5. The molecule has 0 unspecified atom stereocenters. The van der Waals surface area contributed by atoms with Crippen molar-refractivity contribution in [3.8, 4) is 0 Å². The van der Waals surface area contributed by atoms with E-state index in [4.69, 9.17) is 5.73 Å². The molecule has 2 aromatic heterocycles. The van der Waals surface area contributed by atoms with Crippen molar-refractivity contribution in [1.29, 1.82) is 0 Å². The van der Waals surface area contributed by atoms with Gasteiger partial charge in [0.1, 0.15) is 5.52 Å². The third-order valence-corrected chi connectivity index (χ3v) is 3.65. The van der Waals surface area contributed by atoms with E-state index < -0.39 is 5.91 Å². The van der Waals surface area contributed by atoms with Crippen LogP contribution in [-0.2, 0) is 6.54 Å². The zero-order valence-corrected chi connectivity index (χ0v) is 11.3. The van der Waals surface area contributed by atoms with Gasteiger partial charge in [0.05, 0.1) is 12.5 Å². The zero-order chi connectivity index (χ0) is 13.9. The van der Waals surface area contributed by atoms with Crippen molar-refractivity contribution in [2.45, 2.75) is 25.8 Å². The molecule has 1 aliphatic rings. The molecule has 106 valence electrons. The van der Waals surface area contributed by atoms with Gasteiger partial charge in [-0.05, 0) is 38.9 Å². The lowest BCUT2D eigenvalue weighted by Gasteiger charge is -2.14. The number of aromatic nitrogens is 4. The Morgan fingerprint density at radius 3 is 2.80 bits per heavy atom. The van der Waals surface area contributed by atoms with Crippen molar-refractivity contribution in [3.05, 3.63) is 18.3 Å². The molecule has 7 nitrogen and oxygen atoms in total. The molecule has 7 heteroatoms. The number of aryl methyl sites for hydroxylation is 1. The Morgan fingerprint density at radius 2 is 2.05 bits per heavy atom. The number of likely N-dealkylation sites (tertiary alicyclic amines) is 1. The molecule has 3 rings (SSSR count). The average molecular weight is 274 g/mol. The van der Waals surface area contributed by atoms with Crippen molar-refractivity contribution in [3.63, 3.8) is 0 Å². The molecule has 2 aromatic rings. The minimum absolute atomic E-state index is 0.0405. The van der Waals surface area contributed by atoms with Gasteiger partial charge in [-0.25, -0.2) is 15.0 Å². The number of imidazole rings is 1. The molecule has 1 aliphatic heterocycles. The number of hydrogen-bond acceptors (Lipinski definition) is 5. The number of amides is 1. The third kappa shape index (κ3) is 2.62. The molecule has 1 fully saturated rings. The van der Waals surface area contributed by atoms with E-state index in [1.165, 1.54) is 25.9 Å². The highest BCUT2D eigenvalue weighted by atomic mass is 16.1. The first kappa shape index (κ1) is 13.0. The molecule has 0 aliphatic carbocycles. The molecule has 1 amide bonds. The van der Waals surface area contributed by atoms with Gasteiger partial charge < -0.3 is 15.2 Å². The van der Waals surface area contributed by atoms with Crippen LogP contribution in [0, 0.1) is 0 Å². The van der Waals surface area contributed by atoms with Crippen LogP contribution in [0.2, 0.25) is 0 Å². The van der Waals surface area contributed by atoms with Crippen molar-refractivity contribution >= 4 is 17.1 Å². The summed E-state index contributed by atoms with van der Waals surface area (Å²) in [7, 11) is 0. The third-order valence-electron chi connectivity index (χ3n) is 3.65. The largest absolute Gasteiger partial charge is 0.363 e. The van der Waals surface area contributed by atoms with Gasteiger partial charge in [0.15, 0.2) is 5.65 Å². The summed E-state index contributed by atoms with van der Waals surface area (Å²) in [6.45, 7) is 4.34. The fourth-order valence-electron chi connectivity index (χ4n) is 2.61. The van der Waals surface area contributed by atoms with Crippen molar-refractivity contribution in [1.82, 2.24) is 24.4 Å². The molecule has 1 saturated heterocycles. The Hall–Kier alpha value is -2.02. The molecular weight excluding hydrogens is 256 g/mol. The fraction of sp³-hybridized carbons (Fsp3) is 0.538. The molecule has 0 spiro atoms. The minimum atomic E-state index is -0.614. The summed E-state index contributed by atoms with van der Waals surface area (Å²) < 4.78 is 1.96. The molecule has 2 N–H and O–H groups in total. The summed E-state index contributed by atoms with van der Waals surface area (Å²) >= 11 is 0. The van der Waals surface area contributed by atoms with E-state index in [-0.39, 0.29) is 5.82 Å². The molecule has 0 atom stereocenters. The van der Waals surface area contributed by atoms with Gasteiger partial charge in [0, 0.05) is 6.54 Å². The second-order valence-corrected chi connectivity index (χ2v) is 5.11. The summed E-state index contributed by atoms with van der Waals surface area (Å²) in [6, 6.07) is 0. The highest BCUT2D eigenvalue weighted by Crippen LogP contribution is 2.11. The van der Waals surface area contributed by atoms with Crippen molar-refractivity contribution in [2.75, 3.05) is 19.6 Å². The molecule has 0 bridgehead atoms. The molecule has 3 heterocycles. The highest BCUT2D eigenvalue weighted by molar-refractivity contribution is 5.90. The number of hydrogen-bond donors (Lipinski definition) is 1. The number of carbonyl (C=O) groups is 1. The van der Waals surface area contributed by atoms with Crippen LogP contribution in [0.15, 0.2) is 12.5 Å². The summed E-state index contributed by atoms with van der Waals surface area (Å²) in [5, 5.41) is 0. The molecule has 0 aromatic carbocycles. The van der Waals surface area contributed by atoms with Crippen LogP contribution in [0.4, 0.5) is 0 Å². The first-order chi connectivity index (χ1) is 9.74. The Kier molecular flexibility index (Phi) is 3.60. The second kappa shape index (κ2) is 5.54. The summed E-state index contributed by atoms with van der Waals surface area (Å²) in [5.41, 5.74) is 6.57. The topological polar surface area (TPSA) is 89.9 Å². The van der Waals surface area contributed by atoms with Gasteiger partial charge in [0.2, 0.25) is 5.82 Å². The first-order valence-corrected chi connectivity index (χ1v) is 6.94. The summed E-state index contributed by atoms with van der Waals surface area (Å²) in [6.07, 6.45) is 6.95. The molecule has 0 radical (unpaired) electrons. The lowest BCUT2D eigenvalue weighted by molar-refractivity contribution is 0.0990. The van der Waals surface area contributed by atoms with E-state index in [0.29, 0.717) is 11.2 Å². The maximum absolute atomic E-state index is 11.1. The lowest BCUT2D eigenvalue weighted by atomic mass is 10.4. The molecular formula is C13H18N6O. The number of carbonyl (C=O) groups excluding carboxylic acids is 1. The molecule has 20 heavy (non-hydrogen) atoms. The van der Waals surface area contributed by atoms with Crippen LogP contribution in [0.1, 0.15) is 29.9 Å². The van der Waals surface area contributed by atoms with Gasteiger partial charge in [0.25, 0.3) is 5.91 Å². The van der Waals surface area contributed by atoms with Crippen LogP contribution in [-0.4, -0.2) is 50.0 Å². The quantitative estimate of drug-likeness (QED) is 0.853. The SMILES string of the molecule is NC(=O)c1ncc2ncn(CCCN3CCCC3)c2n1. The molecule has 0 saturated carbocycles. The van der Waals surface area contributed by atoms with E-state index in [0.717, 1.165) is 19.5 Å². The lowest BCUT2D eigenvalue weighted by Crippen LogP contribution is -2.21. The number of fused-ring (bicyclic) bond motifs is 1. The van der Waals surface area contributed by atoms with Crippen molar-refractivity contribution in [2.24, 2.45) is 5.73 Å². The van der Waals surface area contributed by atoms with E-state index in [1.807, 2.05) is 4.57 Å². The van der Waals surface area contributed by atoms with Gasteiger partial charge in [-0.2, -0.15) is 0 Å². The smallest absolute Gasteiger partial charge is 0.286 e. The Balaban J connectivity index is 1.70. The Bertz CT molecular complexity index is 616. The van der Waals surface area contributed by atoms with Crippen LogP contribution >= 0.6 is 0 Å². The average Bonchev–Trinajstić information content (AvgIpc) is 3.08. The van der Waals surface area contributed by atoms with E-state index in [2.05, 4.69) is 19.9 Å². The van der Waals surface area contributed by atoms with Crippen molar-refractivity contribution < 1.29 is 4.79 Å². The van der Waals surface area contributed by atoms with Gasteiger partial charge >= 0.3 is 0 Å². The Morgan fingerprint density at radius 1 is 1.25 bits per heavy atom. The van der Waals surface area contributed by atoms with Crippen LogP contribution < -0.4 is 5.73 Å². The first-order valence-electron chi connectivity index (χ1n) is 6.94. The summed E-state index contributed by atoms with van der Waals surface area (Å²) in [5.74, 6) is -0.574. The standard InChI is InChI=1S/C13H18N6O/c14-11(20)12-15-8-10-13(17-12)19(9-16-10)7-3-6-18-4-1-2-5-18/h8-9H,1-7H2,(H2,14,20). The number of nitrogens with two attached hydrogens (primary N) is 1. The maximum atomic E-state index is 11.1. The monoisotopic (exact) mass is 274 g/mol. The summed E-state index contributed by atoms with van der Waals surface area (Å²) in [4.78, 5) is 25.9. The second-order valence-electron chi connectivity index (χ2n) is 5.11. The number of primary amides is 1. The number of rotatable bonds is 5. The zero-order valence-electron chi connectivity index (χ0n) is 11.3.